The summed E-state index contributed by atoms with van der Waals surface area (Å²) in [6, 6.07) is 10.7. The van der Waals surface area contributed by atoms with Crippen molar-refractivity contribution >= 4 is 0 Å². The van der Waals surface area contributed by atoms with Gasteiger partial charge in [-0.1, -0.05) is 44.0 Å². The van der Waals surface area contributed by atoms with Gasteiger partial charge in [0.2, 0.25) is 0 Å². The van der Waals surface area contributed by atoms with Crippen LogP contribution in [0.4, 0.5) is 4.39 Å². The van der Waals surface area contributed by atoms with Crippen LogP contribution in [0.25, 0.3) is 0 Å². The lowest BCUT2D eigenvalue weighted by molar-refractivity contribution is -0.0483. The maximum atomic E-state index is 13.0. The van der Waals surface area contributed by atoms with Gasteiger partial charge in [-0.05, 0) is 74.5 Å². The third-order valence-electron chi connectivity index (χ3n) is 5.88. The molecule has 0 unspecified atom stereocenters. The van der Waals surface area contributed by atoms with Gasteiger partial charge >= 0.3 is 0 Å². The smallest absolute Gasteiger partial charge is 0.196 e. The van der Waals surface area contributed by atoms with E-state index in [1.165, 1.54) is 49.0 Å². The van der Waals surface area contributed by atoms with Gasteiger partial charge in [-0.2, -0.15) is 9.65 Å². The molecular formula is C23H32FNO. The normalized spacial score (nSPS) is 23.6. The van der Waals surface area contributed by atoms with Gasteiger partial charge in [-0.15, -0.1) is 0 Å². The van der Waals surface area contributed by atoms with Gasteiger partial charge in [-0.3, -0.25) is 0 Å². The third kappa shape index (κ3) is 5.95. The number of aryl methyl sites for hydroxylation is 1. The average molecular weight is 358 g/mol. The van der Waals surface area contributed by atoms with E-state index in [1.807, 2.05) is 0 Å². The molecule has 0 bridgehead atoms. The molecule has 0 aliphatic heterocycles. The second-order valence-electron chi connectivity index (χ2n) is 7.56. The summed E-state index contributed by atoms with van der Waals surface area (Å²) in [5, 5.41) is 8.51. The van der Waals surface area contributed by atoms with Crippen LogP contribution in [0.5, 0.6) is 0 Å². The molecule has 0 radical (unpaired) electrons. The van der Waals surface area contributed by atoms with Gasteiger partial charge < -0.3 is 4.74 Å². The predicted molar refractivity (Wildman–Crippen MR) is 105 cm³/mol. The Balaban J connectivity index is 1.87. The largest absolute Gasteiger partial charge is 0.378 e. The van der Waals surface area contributed by atoms with Crippen LogP contribution in [-0.4, -0.2) is 12.7 Å². The Labute approximate surface area is 158 Å². The summed E-state index contributed by atoms with van der Waals surface area (Å²) < 4.78 is 18.8. The molecule has 0 atom stereocenters. The summed E-state index contributed by atoms with van der Waals surface area (Å²) >= 11 is 0. The number of methoxy groups -OCH3 is 1. The Morgan fingerprint density at radius 1 is 1.27 bits per heavy atom. The number of halogens is 1. The van der Waals surface area contributed by atoms with Crippen LogP contribution in [0.2, 0.25) is 0 Å². The van der Waals surface area contributed by atoms with E-state index in [0.29, 0.717) is 12.3 Å². The molecule has 1 saturated carbocycles. The zero-order valence-electron chi connectivity index (χ0n) is 16.3. The lowest BCUT2D eigenvalue weighted by atomic mass is 9.74. The van der Waals surface area contributed by atoms with Crippen LogP contribution in [0.1, 0.15) is 81.8 Å². The maximum absolute atomic E-state index is 13.0. The quantitative estimate of drug-likeness (QED) is 0.367. The molecule has 26 heavy (non-hydrogen) atoms. The Hall–Kier alpha value is -1.66. The second-order valence-corrected chi connectivity index (χ2v) is 7.56. The number of hydrogen-bond donors (Lipinski definition) is 0. The first-order chi connectivity index (χ1) is 12.6. The Morgan fingerprint density at radius 3 is 2.54 bits per heavy atom. The lowest BCUT2D eigenvalue weighted by Gasteiger charge is -2.39. The van der Waals surface area contributed by atoms with Crippen LogP contribution in [-0.2, 0) is 11.2 Å². The summed E-state index contributed by atoms with van der Waals surface area (Å²) in [5.74, 6) is -0.0988. The van der Waals surface area contributed by atoms with E-state index in [-0.39, 0.29) is 5.60 Å². The molecule has 2 nitrogen and oxygen atoms in total. The fraction of sp³-hybridized carbons (Fsp3) is 0.609. The van der Waals surface area contributed by atoms with Crippen LogP contribution in [0.3, 0.4) is 0 Å². The number of allylic oxidation sites excluding steroid dienone is 2. The van der Waals surface area contributed by atoms with Gasteiger partial charge in [0.15, 0.2) is 5.83 Å². The van der Waals surface area contributed by atoms with E-state index in [0.717, 1.165) is 32.1 Å². The van der Waals surface area contributed by atoms with Crippen LogP contribution >= 0.6 is 0 Å². The monoisotopic (exact) mass is 357 g/mol. The molecule has 142 valence electrons. The van der Waals surface area contributed by atoms with Crippen LogP contribution in [0.15, 0.2) is 36.2 Å². The van der Waals surface area contributed by atoms with Crippen LogP contribution < -0.4 is 0 Å². The van der Waals surface area contributed by atoms with Crippen molar-refractivity contribution in [1.29, 1.82) is 5.26 Å². The van der Waals surface area contributed by atoms with Crippen LogP contribution in [0, 0.1) is 11.3 Å². The summed E-state index contributed by atoms with van der Waals surface area (Å²) in [7, 11) is 1.76. The van der Waals surface area contributed by atoms with Crippen molar-refractivity contribution in [1.82, 2.24) is 0 Å². The van der Waals surface area contributed by atoms with E-state index in [2.05, 4.69) is 31.2 Å². The molecule has 0 spiro atoms. The van der Waals surface area contributed by atoms with Crippen molar-refractivity contribution in [3.63, 3.8) is 0 Å². The van der Waals surface area contributed by atoms with Crippen molar-refractivity contribution in [2.24, 2.45) is 0 Å². The summed E-state index contributed by atoms with van der Waals surface area (Å²) in [6.07, 6.45) is 11.9. The second kappa shape index (κ2) is 10.5. The molecule has 3 heteroatoms. The number of benzene rings is 1. The topological polar surface area (TPSA) is 33.0 Å². The molecule has 1 fully saturated rings. The zero-order chi connectivity index (χ0) is 18.8. The van der Waals surface area contributed by atoms with E-state index in [4.69, 9.17) is 10.00 Å². The van der Waals surface area contributed by atoms with Crippen molar-refractivity contribution in [3.05, 3.63) is 47.3 Å². The minimum absolute atomic E-state index is 0.164. The number of nitriles is 1. The Bertz CT molecular complexity index is 606. The van der Waals surface area contributed by atoms with E-state index >= 15 is 0 Å². The molecule has 1 aliphatic carbocycles. The molecular weight excluding hydrogens is 325 g/mol. The molecule has 1 aromatic carbocycles. The average Bonchev–Trinajstić information content (AvgIpc) is 2.69. The number of rotatable bonds is 9. The standard InChI is InChI=1S/C23H32FNO/c1-3-4-5-7-19-9-11-20(12-10-19)21-13-16-23(26-2,17-14-21)15-6-8-22(24)18-25/h8-12,21H,3-7,13-17H2,1-2H3. The van der Waals surface area contributed by atoms with E-state index in [1.54, 1.807) is 7.11 Å². The minimum atomic E-state index is -0.691. The van der Waals surface area contributed by atoms with Gasteiger partial charge in [0.25, 0.3) is 0 Å². The molecule has 1 aliphatic rings. The predicted octanol–water partition coefficient (Wildman–Crippen LogP) is 6.62. The first kappa shape index (κ1) is 20.6. The summed E-state index contributed by atoms with van der Waals surface area (Å²) in [5.41, 5.74) is 2.71. The highest BCUT2D eigenvalue weighted by molar-refractivity contribution is 5.26. The molecule has 2 rings (SSSR count). The number of unbranched alkanes of at least 4 members (excludes halogenated alkanes) is 2. The molecule has 0 heterocycles. The molecule has 0 amide bonds. The Kier molecular flexibility index (Phi) is 8.32. The van der Waals surface area contributed by atoms with Gasteiger partial charge in [-0.25, -0.2) is 0 Å². The number of nitrogens with zero attached hydrogens (tertiary/aromatic N) is 1. The van der Waals surface area contributed by atoms with Gasteiger partial charge in [0, 0.05) is 7.11 Å². The third-order valence-corrected chi connectivity index (χ3v) is 5.88. The summed E-state index contributed by atoms with van der Waals surface area (Å²) in [6.45, 7) is 2.24. The molecule has 0 aromatic heterocycles. The highest BCUT2D eigenvalue weighted by Crippen LogP contribution is 2.42. The first-order valence-electron chi connectivity index (χ1n) is 10.0. The Morgan fingerprint density at radius 2 is 1.96 bits per heavy atom. The number of hydrogen-bond acceptors (Lipinski definition) is 2. The van der Waals surface area contributed by atoms with Gasteiger partial charge in [0.05, 0.1) is 5.60 Å². The van der Waals surface area contributed by atoms with E-state index in [9.17, 15) is 4.39 Å². The highest BCUT2D eigenvalue weighted by atomic mass is 19.1. The van der Waals surface area contributed by atoms with E-state index < -0.39 is 5.83 Å². The molecule has 0 N–H and O–H groups in total. The van der Waals surface area contributed by atoms with Gasteiger partial charge in [0.1, 0.15) is 6.07 Å². The van der Waals surface area contributed by atoms with Crippen molar-refractivity contribution in [2.45, 2.75) is 82.7 Å². The first-order valence-corrected chi connectivity index (χ1v) is 10.0. The van der Waals surface area contributed by atoms with Crippen molar-refractivity contribution < 1.29 is 9.13 Å². The SMILES string of the molecule is CCCCCc1ccc(C2CCC(CCC=C(F)C#N)(OC)CC2)cc1. The fourth-order valence-electron chi connectivity index (χ4n) is 4.08. The van der Waals surface area contributed by atoms with Crippen molar-refractivity contribution in [3.8, 4) is 6.07 Å². The highest BCUT2D eigenvalue weighted by Gasteiger charge is 2.35. The number of ether oxygens (including phenoxy) is 1. The zero-order valence-corrected chi connectivity index (χ0v) is 16.3. The molecule has 0 saturated heterocycles. The maximum Gasteiger partial charge on any atom is 0.196 e. The lowest BCUT2D eigenvalue weighted by Crippen LogP contribution is -2.35. The molecule has 1 aromatic rings. The van der Waals surface area contributed by atoms with Crippen molar-refractivity contribution in [2.75, 3.05) is 7.11 Å². The summed E-state index contributed by atoms with van der Waals surface area (Å²) in [4.78, 5) is 0. The fourth-order valence-corrected chi connectivity index (χ4v) is 4.08. The minimum Gasteiger partial charge on any atom is -0.378 e.